The molecule has 0 fully saturated rings. The van der Waals surface area contributed by atoms with Gasteiger partial charge in [-0.3, -0.25) is 4.79 Å². The number of methoxy groups -OCH3 is 2. The van der Waals surface area contributed by atoms with Crippen molar-refractivity contribution in [1.29, 1.82) is 0 Å². The monoisotopic (exact) mass is 281 g/mol. The van der Waals surface area contributed by atoms with Gasteiger partial charge < -0.3 is 14.5 Å². The predicted molar refractivity (Wildman–Crippen MR) is 83.1 cm³/mol. The normalized spacial score (nSPS) is 10.6. The first kappa shape index (κ1) is 13.2. The SMILES string of the molecule is COc1ccc(-c2[nH]c(=O)c3ccccc3c2OC)cc1. The van der Waals surface area contributed by atoms with Crippen LogP contribution in [0.1, 0.15) is 0 Å². The maximum Gasteiger partial charge on any atom is 0.256 e. The summed E-state index contributed by atoms with van der Waals surface area (Å²) in [5, 5.41) is 1.42. The van der Waals surface area contributed by atoms with Crippen molar-refractivity contribution in [2.45, 2.75) is 0 Å². The number of rotatable bonds is 3. The van der Waals surface area contributed by atoms with Crippen LogP contribution in [0.2, 0.25) is 0 Å². The first-order valence-electron chi connectivity index (χ1n) is 6.58. The molecule has 0 aliphatic heterocycles. The zero-order chi connectivity index (χ0) is 14.8. The second-order valence-electron chi connectivity index (χ2n) is 4.64. The van der Waals surface area contributed by atoms with Gasteiger partial charge >= 0.3 is 0 Å². The summed E-state index contributed by atoms with van der Waals surface area (Å²) >= 11 is 0. The minimum absolute atomic E-state index is 0.128. The molecule has 0 atom stereocenters. The Morgan fingerprint density at radius 2 is 1.52 bits per heavy atom. The molecular formula is C17H15NO3. The number of aromatic amines is 1. The van der Waals surface area contributed by atoms with Gasteiger partial charge in [0.25, 0.3) is 5.56 Å². The molecule has 1 heterocycles. The van der Waals surface area contributed by atoms with E-state index in [-0.39, 0.29) is 5.56 Å². The summed E-state index contributed by atoms with van der Waals surface area (Å²) in [5.41, 5.74) is 1.41. The van der Waals surface area contributed by atoms with Crippen molar-refractivity contribution in [2.24, 2.45) is 0 Å². The molecular weight excluding hydrogens is 266 g/mol. The number of H-pyrrole nitrogens is 1. The Morgan fingerprint density at radius 3 is 2.14 bits per heavy atom. The molecule has 1 N–H and O–H groups in total. The van der Waals surface area contributed by atoms with Gasteiger partial charge in [0.05, 0.1) is 25.3 Å². The van der Waals surface area contributed by atoms with Crippen LogP contribution in [0.25, 0.3) is 22.0 Å². The summed E-state index contributed by atoms with van der Waals surface area (Å²) in [6.45, 7) is 0. The van der Waals surface area contributed by atoms with E-state index in [1.165, 1.54) is 0 Å². The minimum atomic E-state index is -0.128. The number of aromatic nitrogens is 1. The molecule has 2 aromatic carbocycles. The molecule has 3 rings (SSSR count). The Labute approximate surface area is 122 Å². The van der Waals surface area contributed by atoms with Crippen molar-refractivity contribution in [3.63, 3.8) is 0 Å². The van der Waals surface area contributed by atoms with Gasteiger partial charge in [0.2, 0.25) is 0 Å². The van der Waals surface area contributed by atoms with E-state index in [0.29, 0.717) is 16.8 Å². The quantitative estimate of drug-likeness (QED) is 0.802. The van der Waals surface area contributed by atoms with Crippen LogP contribution in [-0.2, 0) is 0 Å². The molecule has 0 unspecified atom stereocenters. The highest BCUT2D eigenvalue weighted by Gasteiger charge is 2.13. The third kappa shape index (κ3) is 2.25. The summed E-state index contributed by atoms with van der Waals surface area (Å²) < 4.78 is 10.7. The fraction of sp³-hybridized carbons (Fsp3) is 0.118. The maximum absolute atomic E-state index is 12.2. The lowest BCUT2D eigenvalue weighted by Gasteiger charge is -2.12. The van der Waals surface area contributed by atoms with Gasteiger partial charge in [0, 0.05) is 10.9 Å². The van der Waals surface area contributed by atoms with Crippen molar-refractivity contribution < 1.29 is 9.47 Å². The highest BCUT2D eigenvalue weighted by Crippen LogP contribution is 2.33. The summed E-state index contributed by atoms with van der Waals surface area (Å²) in [5.74, 6) is 1.43. The van der Waals surface area contributed by atoms with E-state index in [1.807, 2.05) is 42.5 Å². The van der Waals surface area contributed by atoms with Crippen molar-refractivity contribution in [1.82, 2.24) is 4.98 Å². The molecule has 0 aliphatic rings. The van der Waals surface area contributed by atoms with Crippen LogP contribution in [0.3, 0.4) is 0 Å². The third-order valence-corrected chi connectivity index (χ3v) is 3.46. The summed E-state index contributed by atoms with van der Waals surface area (Å²) in [7, 11) is 3.22. The Kier molecular flexibility index (Phi) is 3.36. The molecule has 4 nitrogen and oxygen atoms in total. The molecule has 0 saturated carbocycles. The molecule has 0 saturated heterocycles. The van der Waals surface area contributed by atoms with E-state index >= 15 is 0 Å². The Morgan fingerprint density at radius 1 is 0.857 bits per heavy atom. The Bertz CT molecular complexity index is 835. The first-order valence-corrected chi connectivity index (χ1v) is 6.58. The Balaban J connectivity index is 2.28. The first-order chi connectivity index (χ1) is 10.2. The smallest absolute Gasteiger partial charge is 0.256 e. The molecule has 3 aromatic rings. The van der Waals surface area contributed by atoms with Crippen LogP contribution in [0.5, 0.6) is 11.5 Å². The molecule has 0 aliphatic carbocycles. The zero-order valence-corrected chi connectivity index (χ0v) is 11.8. The Hall–Kier alpha value is -2.75. The topological polar surface area (TPSA) is 51.3 Å². The van der Waals surface area contributed by atoms with Gasteiger partial charge in [-0.25, -0.2) is 0 Å². The standard InChI is InChI=1S/C17H15NO3/c1-20-12-9-7-11(8-10-12)15-16(21-2)13-5-3-4-6-14(13)17(19)18-15/h3-10H,1-2H3,(H,18,19). The lowest BCUT2D eigenvalue weighted by Crippen LogP contribution is -2.09. The van der Waals surface area contributed by atoms with Crippen LogP contribution >= 0.6 is 0 Å². The van der Waals surface area contributed by atoms with E-state index in [4.69, 9.17) is 9.47 Å². The number of hydrogen-bond acceptors (Lipinski definition) is 3. The number of ether oxygens (including phenoxy) is 2. The van der Waals surface area contributed by atoms with Crippen molar-refractivity contribution >= 4 is 10.8 Å². The average molecular weight is 281 g/mol. The van der Waals surface area contributed by atoms with E-state index in [0.717, 1.165) is 16.7 Å². The van der Waals surface area contributed by atoms with Crippen LogP contribution in [0.15, 0.2) is 53.3 Å². The van der Waals surface area contributed by atoms with Crippen molar-refractivity contribution in [3.05, 3.63) is 58.9 Å². The van der Waals surface area contributed by atoms with Gasteiger partial charge in [0.1, 0.15) is 5.75 Å². The average Bonchev–Trinajstić information content (AvgIpc) is 2.55. The summed E-state index contributed by atoms with van der Waals surface area (Å²) in [6, 6.07) is 14.9. The van der Waals surface area contributed by atoms with E-state index in [9.17, 15) is 4.79 Å². The molecule has 1 aromatic heterocycles. The molecule has 0 spiro atoms. The fourth-order valence-electron chi connectivity index (χ4n) is 2.42. The number of nitrogens with one attached hydrogen (secondary N) is 1. The summed E-state index contributed by atoms with van der Waals surface area (Å²) in [4.78, 5) is 15.1. The number of benzene rings is 2. The van der Waals surface area contributed by atoms with Crippen LogP contribution < -0.4 is 15.0 Å². The zero-order valence-electron chi connectivity index (χ0n) is 11.8. The molecule has 21 heavy (non-hydrogen) atoms. The van der Waals surface area contributed by atoms with Gasteiger partial charge in [-0.2, -0.15) is 0 Å². The van der Waals surface area contributed by atoms with Crippen LogP contribution in [0, 0.1) is 0 Å². The van der Waals surface area contributed by atoms with Crippen molar-refractivity contribution in [2.75, 3.05) is 14.2 Å². The molecule has 0 amide bonds. The van der Waals surface area contributed by atoms with E-state index < -0.39 is 0 Å². The fourth-order valence-corrected chi connectivity index (χ4v) is 2.42. The lowest BCUT2D eigenvalue weighted by molar-refractivity contribution is 0.414. The van der Waals surface area contributed by atoms with Gasteiger partial charge in [-0.05, 0) is 30.3 Å². The molecule has 0 bridgehead atoms. The second kappa shape index (κ2) is 5.32. The number of fused-ring (bicyclic) bond motifs is 1. The molecule has 4 heteroatoms. The van der Waals surface area contributed by atoms with Crippen molar-refractivity contribution in [3.8, 4) is 22.8 Å². The molecule has 106 valence electrons. The van der Waals surface area contributed by atoms with E-state index in [2.05, 4.69) is 4.98 Å². The van der Waals surface area contributed by atoms with E-state index in [1.54, 1.807) is 20.3 Å². The highest BCUT2D eigenvalue weighted by molar-refractivity contribution is 5.92. The lowest BCUT2D eigenvalue weighted by atomic mass is 10.1. The molecule has 0 radical (unpaired) electrons. The van der Waals surface area contributed by atoms with Gasteiger partial charge in [0.15, 0.2) is 5.75 Å². The number of hydrogen-bond donors (Lipinski definition) is 1. The minimum Gasteiger partial charge on any atom is -0.497 e. The number of pyridine rings is 1. The van der Waals surface area contributed by atoms with Gasteiger partial charge in [-0.1, -0.05) is 18.2 Å². The van der Waals surface area contributed by atoms with Crippen LogP contribution in [0.4, 0.5) is 0 Å². The second-order valence-corrected chi connectivity index (χ2v) is 4.64. The predicted octanol–water partition coefficient (Wildman–Crippen LogP) is 3.21. The maximum atomic E-state index is 12.2. The van der Waals surface area contributed by atoms with Gasteiger partial charge in [-0.15, -0.1) is 0 Å². The summed E-state index contributed by atoms with van der Waals surface area (Å²) in [6.07, 6.45) is 0. The third-order valence-electron chi connectivity index (χ3n) is 3.46. The largest absolute Gasteiger partial charge is 0.497 e. The highest BCUT2D eigenvalue weighted by atomic mass is 16.5. The van der Waals surface area contributed by atoms with Crippen LogP contribution in [-0.4, -0.2) is 19.2 Å².